The van der Waals surface area contributed by atoms with Gasteiger partial charge in [0, 0.05) is 23.6 Å². The van der Waals surface area contributed by atoms with Gasteiger partial charge in [-0.3, -0.25) is 9.69 Å². The maximum atomic E-state index is 13.0. The van der Waals surface area contributed by atoms with Crippen molar-refractivity contribution in [2.24, 2.45) is 11.8 Å². The van der Waals surface area contributed by atoms with E-state index in [4.69, 9.17) is 0 Å². The summed E-state index contributed by atoms with van der Waals surface area (Å²) in [6, 6.07) is 8.24. The second kappa shape index (κ2) is 5.06. The number of anilines is 1. The largest absolute Gasteiger partial charge is 0.294 e. The van der Waals surface area contributed by atoms with Crippen LogP contribution in [0.25, 0.3) is 0 Å². The molecule has 25 heavy (non-hydrogen) atoms. The Morgan fingerprint density at radius 1 is 1.00 bits per heavy atom. The Bertz CT molecular complexity index is 939. The Morgan fingerprint density at radius 3 is 2.68 bits per heavy atom. The van der Waals surface area contributed by atoms with Gasteiger partial charge < -0.3 is 0 Å². The number of aryl methyl sites for hydroxylation is 1. The first-order valence-electron chi connectivity index (χ1n) is 8.76. The molecule has 1 amide bonds. The van der Waals surface area contributed by atoms with Gasteiger partial charge in [0.25, 0.3) is 5.91 Å². The van der Waals surface area contributed by atoms with Crippen LogP contribution in [0.1, 0.15) is 5.56 Å². The molecule has 2 nitrogen and oxygen atoms in total. The van der Waals surface area contributed by atoms with Gasteiger partial charge in [0.1, 0.15) is 5.54 Å². The molecule has 1 heterocycles. The highest BCUT2D eigenvalue weighted by molar-refractivity contribution is 6.09. The van der Waals surface area contributed by atoms with E-state index in [-0.39, 0.29) is 11.8 Å². The van der Waals surface area contributed by atoms with Crippen LogP contribution in [0.2, 0.25) is 0 Å². The number of rotatable bonds is 1. The van der Waals surface area contributed by atoms with Crippen LogP contribution in [-0.4, -0.2) is 11.4 Å². The van der Waals surface area contributed by atoms with Crippen molar-refractivity contribution >= 4 is 11.6 Å². The Morgan fingerprint density at radius 2 is 1.84 bits per heavy atom. The average Bonchev–Trinajstić information content (AvgIpc) is 2.85. The summed E-state index contributed by atoms with van der Waals surface area (Å²) in [5.74, 6) is 0.495. The van der Waals surface area contributed by atoms with Crippen LogP contribution >= 0.6 is 0 Å². The van der Waals surface area contributed by atoms with E-state index < -0.39 is 5.54 Å². The number of nitrogens with zero attached hydrogens (tertiary/aromatic N) is 1. The van der Waals surface area contributed by atoms with Crippen molar-refractivity contribution in [3.05, 3.63) is 102 Å². The van der Waals surface area contributed by atoms with Crippen LogP contribution in [0, 0.1) is 18.8 Å². The van der Waals surface area contributed by atoms with E-state index in [9.17, 15) is 4.79 Å². The van der Waals surface area contributed by atoms with Crippen molar-refractivity contribution in [1.29, 1.82) is 0 Å². The third kappa shape index (κ3) is 1.88. The number of carbonyl (C=O) groups excluding carboxylic acids is 1. The molecular formula is C23H19NO. The van der Waals surface area contributed by atoms with Crippen LogP contribution < -0.4 is 4.90 Å². The summed E-state index contributed by atoms with van der Waals surface area (Å²) in [6.07, 6.45) is 21.4. The first-order valence-corrected chi connectivity index (χ1v) is 8.76. The van der Waals surface area contributed by atoms with Crippen molar-refractivity contribution in [2.45, 2.75) is 12.5 Å². The first-order chi connectivity index (χ1) is 12.2. The zero-order valence-electron chi connectivity index (χ0n) is 14.1. The summed E-state index contributed by atoms with van der Waals surface area (Å²) in [5.41, 5.74) is 4.10. The lowest BCUT2D eigenvalue weighted by Crippen LogP contribution is -2.53. The number of carbonyl (C=O) groups is 1. The predicted molar refractivity (Wildman–Crippen MR) is 101 cm³/mol. The molecule has 1 aromatic rings. The third-order valence-electron chi connectivity index (χ3n) is 5.70. The van der Waals surface area contributed by atoms with Gasteiger partial charge in [-0.05, 0) is 30.2 Å². The fourth-order valence-electron chi connectivity index (χ4n) is 4.52. The molecule has 4 aliphatic carbocycles. The normalized spacial score (nSPS) is 31.4. The molecule has 2 bridgehead atoms. The zero-order chi connectivity index (χ0) is 17.0. The molecule has 5 aliphatic rings. The highest BCUT2D eigenvalue weighted by atomic mass is 16.2. The molecule has 1 aromatic carbocycles. The summed E-state index contributed by atoms with van der Waals surface area (Å²) in [6.45, 7) is 2.07. The molecule has 1 aliphatic heterocycles. The van der Waals surface area contributed by atoms with E-state index in [0.717, 1.165) is 11.3 Å². The quantitative estimate of drug-likeness (QED) is 0.699. The van der Waals surface area contributed by atoms with E-state index in [1.54, 1.807) is 6.08 Å². The molecule has 0 aromatic heterocycles. The number of hydrogen-bond donors (Lipinski definition) is 0. The minimum Gasteiger partial charge on any atom is -0.294 e. The standard InChI is InChI=1S/C23H19NO/c1-16-7-11-19(12-8-16)24-22(25)15-18-10-9-17-13-14-23(18,24)21-6-4-2-3-5-20(17)21/h2-15,17,21H,1H3/t17-,21?,23+/m0/s1. The van der Waals surface area contributed by atoms with E-state index in [1.165, 1.54) is 11.1 Å². The van der Waals surface area contributed by atoms with E-state index >= 15 is 0 Å². The smallest absolute Gasteiger partial charge is 0.252 e. The molecule has 2 heteroatoms. The Kier molecular flexibility index (Phi) is 2.93. The Labute approximate surface area is 147 Å². The number of allylic oxidation sites excluding steroid dienone is 6. The molecule has 0 radical (unpaired) electrons. The second-order valence-electron chi connectivity index (χ2n) is 7.09. The van der Waals surface area contributed by atoms with Crippen LogP contribution in [0.5, 0.6) is 0 Å². The van der Waals surface area contributed by atoms with Gasteiger partial charge in [0.05, 0.1) is 0 Å². The maximum absolute atomic E-state index is 13.0. The van der Waals surface area contributed by atoms with Gasteiger partial charge >= 0.3 is 0 Å². The summed E-state index contributed by atoms with van der Waals surface area (Å²) in [7, 11) is 0. The van der Waals surface area contributed by atoms with Crippen molar-refractivity contribution in [1.82, 2.24) is 0 Å². The van der Waals surface area contributed by atoms with Crippen molar-refractivity contribution in [3.63, 3.8) is 0 Å². The second-order valence-corrected chi connectivity index (χ2v) is 7.09. The zero-order valence-corrected chi connectivity index (χ0v) is 14.1. The summed E-state index contributed by atoms with van der Waals surface area (Å²) >= 11 is 0. The molecule has 6 rings (SSSR count). The lowest BCUT2D eigenvalue weighted by Gasteiger charge is -2.46. The summed E-state index contributed by atoms with van der Waals surface area (Å²) in [4.78, 5) is 15.0. The minimum atomic E-state index is -0.468. The van der Waals surface area contributed by atoms with Crippen LogP contribution in [-0.2, 0) is 4.79 Å². The van der Waals surface area contributed by atoms with Crippen LogP contribution in [0.3, 0.4) is 0 Å². The van der Waals surface area contributed by atoms with E-state index in [1.807, 2.05) is 4.90 Å². The number of amides is 1. The van der Waals surface area contributed by atoms with E-state index in [0.29, 0.717) is 5.92 Å². The highest BCUT2D eigenvalue weighted by Gasteiger charge is 2.54. The number of hydrogen-bond acceptors (Lipinski definition) is 1. The molecule has 1 spiro atoms. The number of benzene rings is 1. The van der Waals surface area contributed by atoms with Gasteiger partial charge in [-0.2, -0.15) is 0 Å². The van der Waals surface area contributed by atoms with Crippen molar-refractivity contribution in [2.75, 3.05) is 4.90 Å². The molecule has 3 atom stereocenters. The summed E-state index contributed by atoms with van der Waals surface area (Å²) in [5, 5.41) is 0. The van der Waals surface area contributed by atoms with Crippen LogP contribution in [0.15, 0.2) is 96.2 Å². The Hall–Kier alpha value is -2.87. The van der Waals surface area contributed by atoms with Crippen LogP contribution in [0.4, 0.5) is 5.69 Å². The Balaban J connectivity index is 1.76. The molecule has 122 valence electrons. The highest BCUT2D eigenvalue weighted by Crippen LogP contribution is 2.52. The fourth-order valence-corrected chi connectivity index (χ4v) is 4.52. The fraction of sp³-hybridized carbons (Fsp3) is 0.174. The maximum Gasteiger partial charge on any atom is 0.252 e. The monoisotopic (exact) mass is 325 g/mol. The van der Waals surface area contributed by atoms with Gasteiger partial charge in [0.2, 0.25) is 0 Å². The lowest BCUT2D eigenvalue weighted by atomic mass is 9.69. The third-order valence-corrected chi connectivity index (χ3v) is 5.70. The lowest BCUT2D eigenvalue weighted by molar-refractivity contribution is -0.114. The van der Waals surface area contributed by atoms with Crippen molar-refractivity contribution in [3.8, 4) is 0 Å². The summed E-state index contributed by atoms with van der Waals surface area (Å²) < 4.78 is 0. The van der Waals surface area contributed by atoms with E-state index in [2.05, 4.69) is 85.9 Å². The first kappa shape index (κ1) is 14.5. The van der Waals surface area contributed by atoms with Crippen molar-refractivity contribution < 1.29 is 4.79 Å². The topological polar surface area (TPSA) is 20.3 Å². The molecular weight excluding hydrogens is 306 g/mol. The van der Waals surface area contributed by atoms with Gasteiger partial charge in [0.15, 0.2) is 0 Å². The minimum absolute atomic E-state index is 0.0541. The molecule has 0 N–H and O–H groups in total. The van der Waals surface area contributed by atoms with Gasteiger partial charge in [-0.1, -0.05) is 72.4 Å². The molecule has 0 saturated carbocycles. The van der Waals surface area contributed by atoms with Gasteiger partial charge in [-0.15, -0.1) is 0 Å². The predicted octanol–water partition coefficient (Wildman–Crippen LogP) is 4.43. The molecule has 0 fully saturated rings. The molecule has 0 saturated heterocycles. The SMILES string of the molecule is Cc1ccc(N2C(=O)C=C3C=C[C@H]4C=C[C@]32C2C=CC=CC=C24)cc1. The molecule has 1 unspecified atom stereocenters. The average molecular weight is 325 g/mol. The van der Waals surface area contributed by atoms with Gasteiger partial charge in [-0.25, -0.2) is 0 Å².